The van der Waals surface area contributed by atoms with E-state index in [1.165, 1.54) is 24.1 Å². The van der Waals surface area contributed by atoms with E-state index >= 15 is 0 Å². The van der Waals surface area contributed by atoms with Gasteiger partial charge in [0.15, 0.2) is 0 Å². The largest absolute Gasteiger partial charge is 0.469 e. The van der Waals surface area contributed by atoms with Gasteiger partial charge < -0.3 is 20.3 Å². The van der Waals surface area contributed by atoms with Crippen LogP contribution in [0.15, 0.2) is 42.5 Å². The molecular formula is C31H37F6N3O4. The molecule has 242 valence electrons. The second kappa shape index (κ2) is 13.9. The highest BCUT2D eigenvalue weighted by molar-refractivity contribution is 5.94. The van der Waals surface area contributed by atoms with Gasteiger partial charge in [0, 0.05) is 30.4 Å². The first-order valence-electron chi connectivity index (χ1n) is 14.2. The number of amides is 3. The predicted octanol–water partition coefficient (Wildman–Crippen LogP) is 7.66. The molecule has 0 radical (unpaired) electrons. The van der Waals surface area contributed by atoms with Crippen molar-refractivity contribution in [3.8, 4) is 0 Å². The van der Waals surface area contributed by atoms with Crippen LogP contribution < -0.4 is 10.6 Å². The van der Waals surface area contributed by atoms with E-state index in [4.69, 9.17) is 0 Å². The molecule has 44 heavy (non-hydrogen) atoms. The Hall–Kier alpha value is -3.77. The Morgan fingerprint density at radius 3 is 1.89 bits per heavy atom. The van der Waals surface area contributed by atoms with Gasteiger partial charge in [0.05, 0.1) is 24.7 Å². The summed E-state index contributed by atoms with van der Waals surface area (Å²) in [6, 6.07) is 6.10. The van der Waals surface area contributed by atoms with Crippen LogP contribution in [0.4, 0.5) is 36.8 Å². The number of benzene rings is 2. The van der Waals surface area contributed by atoms with Gasteiger partial charge in [-0.25, -0.2) is 4.79 Å². The fraction of sp³-hybridized carbons (Fsp3) is 0.516. The molecule has 1 aliphatic rings. The van der Waals surface area contributed by atoms with E-state index in [-0.39, 0.29) is 37.0 Å². The lowest BCUT2D eigenvalue weighted by Crippen LogP contribution is -2.45. The number of nitrogens with one attached hydrogen (secondary N) is 2. The summed E-state index contributed by atoms with van der Waals surface area (Å²) in [7, 11) is 1.24. The molecule has 0 spiro atoms. The van der Waals surface area contributed by atoms with Crippen LogP contribution in [0, 0.1) is 11.3 Å². The van der Waals surface area contributed by atoms with Crippen molar-refractivity contribution in [1.29, 1.82) is 0 Å². The molecule has 0 atom stereocenters. The fourth-order valence-electron chi connectivity index (χ4n) is 5.28. The first kappa shape index (κ1) is 34.7. The molecule has 7 nitrogen and oxygen atoms in total. The van der Waals surface area contributed by atoms with E-state index < -0.39 is 47.1 Å². The Morgan fingerprint density at radius 2 is 1.41 bits per heavy atom. The summed E-state index contributed by atoms with van der Waals surface area (Å²) >= 11 is 0. The number of alkyl halides is 6. The summed E-state index contributed by atoms with van der Waals surface area (Å²) in [6.45, 7) is 6.46. The fourth-order valence-corrected chi connectivity index (χ4v) is 5.28. The van der Waals surface area contributed by atoms with E-state index in [1.54, 1.807) is 12.1 Å². The number of ether oxygens (including phenoxy) is 1. The van der Waals surface area contributed by atoms with Crippen molar-refractivity contribution in [3.05, 3.63) is 64.7 Å². The van der Waals surface area contributed by atoms with Crippen LogP contribution in [-0.2, 0) is 28.4 Å². The van der Waals surface area contributed by atoms with Gasteiger partial charge in [-0.3, -0.25) is 9.59 Å². The Bertz CT molecular complexity index is 1280. The van der Waals surface area contributed by atoms with Crippen LogP contribution in [0.2, 0.25) is 0 Å². The zero-order valence-corrected chi connectivity index (χ0v) is 25.0. The SMILES string of the molecule is COC(=O)CCNC(=O)c1ccc(CN(C(=O)Nc2cc(C(F)(F)F)cc(C(F)(F)F)c2)C2CCC(C(C)(C)C)CC2)cc1. The van der Waals surface area contributed by atoms with Crippen LogP contribution in [-0.4, -0.2) is 42.5 Å². The van der Waals surface area contributed by atoms with E-state index in [0.29, 0.717) is 42.0 Å². The van der Waals surface area contributed by atoms with E-state index in [1.807, 2.05) is 0 Å². The normalized spacial score (nSPS) is 17.5. The molecule has 1 saturated carbocycles. The van der Waals surface area contributed by atoms with Gasteiger partial charge in [-0.05, 0) is 72.9 Å². The second-order valence-electron chi connectivity index (χ2n) is 12.0. The third kappa shape index (κ3) is 9.62. The number of urea groups is 1. The molecule has 13 heteroatoms. The van der Waals surface area contributed by atoms with E-state index in [2.05, 4.69) is 36.1 Å². The first-order valence-corrected chi connectivity index (χ1v) is 14.2. The highest BCUT2D eigenvalue weighted by Crippen LogP contribution is 2.40. The van der Waals surface area contributed by atoms with Gasteiger partial charge >= 0.3 is 24.4 Å². The number of nitrogens with zero attached hydrogens (tertiary/aromatic N) is 1. The van der Waals surface area contributed by atoms with Crippen molar-refractivity contribution in [1.82, 2.24) is 10.2 Å². The molecule has 0 aliphatic heterocycles. The van der Waals surface area contributed by atoms with Crippen molar-refractivity contribution in [2.45, 2.75) is 77.8 Å². The monoisotopic (exact) mass is 629 g/mol. The maximum Gasteiger partial charge on any atom is 0.416 e. The zero-order valence-electron chi connectivity index (χ0n) is 25.0. The summed E-state index contributed by atoms with van der Waals surface area (Å²) in [5.41, 5.74) is -2.74. The first-order chi connectivity index (χ1) is 20.4. The molecular weight excluding hydrogens is 592 g/mol. The van der Waals surface area contributed by atoms with Crippen LogP contribution in [0.3, 0.4) is 0 Å². The standard InChI is InChI=1S/C31H37F6N3O4/c1-29(2,3)21-9-11-25(12-10-21)40(18-19-5-7-20(8-6-19)27(42)38-14-13-26(41)44-4)28(43)39-24-16-22(30(32,33)34)15-23(17-24)31(35,36)37/h5-8,15-17,21,25H,9-14,18H2,1-4H3,(H,38,42)(H,39,43). The predicted molar refractivity (Wildman–Crippen MR) is 152 cm³/mol. The third-order valence-electron chi connectivity index (χ3n) is 7.87. The smallest absolute Gasteiger partial charge is 0.416 e. The number of halogens is 6. The maximum absolute atomic E-state index is 13.5. The third-order valence-corrected chi connectivity index (χ3v) is 7.87. The average molecular weight is 630 g/mol. The molecule has 0 bridgehead atoms. The van der Waals surface area contributed by atoms with Crippen molar-refractivity contribution in [2.75, 3.05) is 19.0 Å². The minimum Gasteiger partial charge on any atom is -0.469 e. The minimum absolute atomic E-state index is 0.00179. The van der Waals surface area contributed by atoms with Crippen LogP contribution in [0.25, 0.3) is 0 Å². The lowest BCUT2D eigenvalue weighted by Gasteiger charge is -2.41. The average Bonchev–Trinajstić information content (AvgIpc) is 2.94. The Labute approximate surface area is 252 Å². The molecule has 3 rings (SSSR count). The molecule has 2 aromatic carbocycles. The van der Waals surface area contributed by atoms with Crippen molar-refractivity contribution in [3.63, 3.8) is 0 Å². The van der Waals surface area contributed by atoms with Crippen LogP contribution in [0.5, 0.6) is 0 Å². The lowest BCUT2D eigenvalue weighted by molar-refractivity contribution is -0.143. The summed E-state index contributed by atoms with van der Waals surface area (Å²) < 4.78 is 85.0. The molecule has 0 saturated heterocycles. The van der Waals surface area contributed by atoms with Gasteiger partial charge in [-0.1, -0.05) is 32.9 Å². The lowest BCUT2D eigenvalue weighted by atomic mass is 9.71. The number of rotatable bonds is 8. The Kier molecular flexibility index (Phi) is 11.0. The van der Waals surface area contributed by atoms with Crippen LogP contribution in [0.1, 0.15) is 79.9 Å². The number of anilines is 1. The van der Waals surface area contributed by atoms with Crippen molar-refractivity contribution >= 4 is 23.6 Å². The number of methoxy groups -OCH3 is 1. The molecule has 0 aromatic heterocycles. The molecule has 2 aromatic rings. The minimum atomic E-state index is -5.06. The topological polar surface area (TPSA) is 87.7 Å². The van der Waals surface area contributed by atoms with Crippen LogP contribution >= 0.6 is 0 Å². The van der Waals surface area contributed by atoms with E-state index in [0.717, 1.165) is 12.8 Å². The van der Waals surface area contributed by atoms with Gasteiger partial charge in [0.2, 0.25) is 0 Å². The second-order valence-corrected chi connectivity index (χ2v) is 12.0. The highest BCUT2D eigenvalue weighted by atomic mass is 19.4. The Balaban J connectivity index is 1.84. The molecule has 1 fully saturated rings. The maximum atomic E-state index is 13.5. The van der Waals surface area contributed by atoms with Gasteiger partial charge in [-0.15, -0.1) is 0 Å². The number of carbonyl (C=O) groups is 3. The van der Waals surface area contributed by atoms with Gasteiger partial charge in [0.25, 0.3) is 5.91 Å². The summed E-state index contributed by atoms with van der Waals surface area (Å²) in [4.78, 5) is 38.6. The number of esters is 1. The number of hydrogen-bond donors (Lipinski definition) is 2. The molecule has 0 heterocycles. The number of hydrogen-bond acceptors (Lipinski definition) is 4. The van der Waals surface area contributed by atoms with Crippen molar-refractivity contribution in [2.24, 2.45) is 11.3 Å². The van der Waals surface area contributed by atoms with Gasteiger partial charge in [0.1, 0.15) is 0 Å². The number of carbonyl (C=O) groups excluding carboxylic acids is 3. The molecule has 0 unspecified atom stereocenters. The molecule has 3 amide bonds. The Morgan fingerprint density at radius 1 is 0.864 bits per heavy atom. The van der Waals surface area contributed by atoms with E-state index in [9.17, 15) is 40.7 Å². The summed E-state index contributed by atoms with van der Waals surface area (Å²) in [6.07, 6.45) is -7.32. The zero-order chi connectivity index (χ0) is 32.9. The quantitative estimate of drug-likeness (QED) is 0.232. The molecule has 2 N–H and O–H groups in total. The summed E-state index contributed by atoms with van der Waals surface area (Å²) in [5, 5.41) is 4.87. The van der Waals surface area contributed by atoms with Crippen molar-refractivity contribution < 1.29 is 45.5 Å². The van der Waals surface area contributed by atoms with Gasteiger partial charge in [-0.2, -0.15) is 26.3 Å². The highest BCUT2D eigenvalue weighted by Gasteiger charge is 2.38. The summed E-state index contributed by atoms with van der Waals surface area (Å²) in [5.74, 6) is -0.519. The molecule has 1 aliphatic carbocycles.